The minimum Gasteiger partial charge on any atom is -0.384 e. The van der Waals surface area contributed by atoms with E-state index in [2.05, 4.69) is 10.3 Å². The maximum atomic E-state index is 13.2. The molecule has 32 heavy (non-hydrogen) atoms. The van der Waals surface area contributed by atoms with Crippen molar-refractivity contribution in [2.45, 2.75) is 25.6 Å². The number of ether oxygens (including phenoxy) is 1. The minimum absolute atomic E-state index is 0.267. The molecule has 1 saturated heterocycles. The van der Waals surface area contributed by atoms with Gasteiger partial charge in [0.1, 0.15) is 5.82 Å². The molecule has 2 heterocycles. The second kappa shape index (κ2) is 9.62. The number of pyridine rings is 1. The van der Waals surface area contributed by atoms with E-state index in [4.69, 9.17) is 10.5 Å². The molecule has 3 amide bonds. The zero-order valence-corrected chi connectivity index (χ0v) is 17.8. The quantitative estimate of drug-likeness (QED) is 0.559. The van der Waals surface area contributed by atoms with Gasteiger partial charge in [0.2, 0.25) is 5.91 Å². The standard InChI is InChI=1S/C25H26N4O3/c1-2-32-24-20(15-17-13-14-27-21(26)16-17)23(30)29(24)25(31)28-22(18-9-5-3-6-10-18)19-11-7-4-8-12-19/h3-14,16,20,22,24H,2,15H2,1H3,(H2,26,27)(H,28,31)/t20-,24+/m0/s1. The number of urea groups is 1. The van der Waals surface area contributed by atoms with E-state index in [1.807, 2.05) is 73.7 Å². The molecule has 2 atom stereocenters. The Labute approximate surface area is 187 Å². The first-order valence-corrected chi connectivity index (χ1v) is 10.6. The summed E-state index contributed by atoms with van der Waals surface area (Å²) < 4.78 is 5.79. The molecule has 7 heteroatoms. The van der Waals surface area contributed by atoms with E-state index in [1.54, 1.807) is 12.3 Å². The second-order valence-electron chi connectivity index (χ2n) is 7.66. The molecule has 3 N–H and O–H groups in total. The van der Waals surface area contributed by atoms with E-state index < -0.39 is 18.2 Å². The number of hydrogen-bond acceptors (Lipinski definition) is 5. The molecule has 1 aromatic heterocycles. The van der Waals surface area contributed by atoms with Crippen LogP contribution in [0.1, 0.15) is 29.7 Å². The Morgan fingerprint density at radius 3 is 2.28 bits per heavy atom. The van der Waals surface area contributed by atoms with Crippen LogP contribution >= 0.6 is 0 Å². The van der Waals surface area contributed by atoms with Crippen LogP contribution in [0.4, 0.5) is 10.6 Å². The van der Waals surface area contributed by atoms with Crippen molar-refractivity contribution < 1.29 is 14.3 Å². The molecule has 7 nitrogen and oxygen atoms in total. The highest BCUT2D eigenvalue weighted by Crippen LogP contribution is 2.32. The maximum absolute atomic E-state index is 13.2. The first kappa shape index (κ1) is 21.5. The van der Waals surface area contributed by atoms with Crippen molar-refractivity contribution in [3.05, 3.63) is 95.7 Å². The van der Waals surface area contributed by atoms with Crippen molar-refractivity contribution >= 4 is 17.8 Å². The fraction of sp³-hybridized carbons (Fsp3) is 0.240. The lowest BCUT2D eigenvalue weighted by molar-refractivity contribution is -0.180. The summed E-state index contributed by atoms with van der Waals surface area (Å²) in [6.45, 7) is 2.23. The number of nitrogens with two attached hydrogens (primary N) is 1. The van der Waals surface area contributed by atoms with Gasteiger partial charge in [-0.25, -0.2) is 14.7 Å². The lowest BCUT2D eigenvalue weighted by Gasteiger charge is -2.45. The van der Waals surface area contributed by atoms with E-state index in [0.717, 1.165) is 16.7 Å². The predicted octanol–water partition coefficient (Wildman–Crippen LogP) is 3.53. The summed E-state index contributed by atoms with van der Waals surface area (Å²) in [5, 5.41) is 3.02. The highest BCUT2D eigenvalue weighted by atomic mass is 16.5. The van der Waals surface area contributed by atoms with Gasteiger partial charge in [0.25, 0.3) is 0 Å². The fourth-order valence-electron chi connectivity index (χ4n) is 4.01. The molecule has 0 aliphatic carbocycles. The van der Waals surface area contributed by atoms with Gasteiger partial charge in [-0.15, -0.1) is 0 Å². The predicted molar refractivity (Wildman–Crippen MR) is 121 cm³/mol. The van der Waals surface area contributed by atoms with Crippen molar-refractivity contribution in [2.24, 2.45) is 5.92 Å². The maximum Gasteiger partial charge on any atom is 0.327 e. The number of carbonyl (C=O) groups excluding carboxylic acids is 2. The third kappa shape index (κ3) is 4.48. The van der Waals surface area contributed by atoms with Crippen LogP contribution in [-0.4, -0.2) is 34.7 Å². The summed E-state index contributed by atoms with van der Waals surface area (Å²) in [6.07, 6.45) is 1.41. The van der Waals surface area contributed by atoms with Gasteiger partial charge in [-0.1, -0.05) is 60.7 Å². The van der Waals surface area contributed by atoms with E-state index in [9.17, 15) is 9.59 Å². The Balaban J connectivity index is 1.53. The smallest absolute Gasteiger partial charge is 0.327 e. The van der Waals surface area contributed by atoms with Crippen LogP contribution in [0.2, 0.25) is 0 Å². The molecule has 4 rings (SSSR count). The zero-order chi connectivity index (χ0) is 22.5. The van der Waals surface area contributed by atoms with Gasteiger partial charge in [-0.2, -0.15) is 0 Å². The highest BCUT2D eigenvalue weighted by molar-refractivity contribution is 6.01. The number of nitrogens with one attached hydrogen (secondary N) is 1. The molecule has 1 fully saturated rings. The monoisotopic (exact) mass is 430 g/mol. The van der Waals surface area contributed by atoms with Crippen molar-refractivity contribution in [1.82, 2.24) is 15.2 Å². The normalized spacial score (nSPS) is 17.8. The number of nitrogen functional groups attached to an aromatic ring is 1. The Bertz CT molecular complexity index is 1040. The van der Waals surface area contributed by atoms with Crippen molar-refractivity contribution in [2.75, 3.05) is 12.3 Å². The molecule has 0 bridgehead atoms. The highest BCUT2D eigenvalue weighted by Gasteiger charge is 2.51. The molecule has 0 unspecified atom stereocenters. The van der Waals surface area contributed by atoms with Crippen molar-refractivity contribution in [3.8, 4) is 0 Å². The number of anilines is 1. The molecular formula is C25H26N4O3. The summed E-state index contributed by atoms with van der Waals surface area (Å²) in [7, 11) is 0. The van der Waals surface area contributed by atoms with Gasteiger partial charge in [0.15, 0.2) is 6.23 Å². The first-order chi connectivity index (χ1) is 15.6. The number of likely N-dealkylation sites (tertiary alicyclic amines) is 1. The third-order valence-electron chi connectivity index (χ3n) is 5.54. The molecule has 1 aliphatic heterocycles. The molecule has 2 aromatic carbocycles. The van der Waals surface area contributed by atoms with Crippen LogP contribution in [0.3, 0.4) is 0 Å². The number of β-lactam (4-membered cyclic amide) rings is 1. The Kier molecular flexibility index (Phi) is 6.47. The number of rotatable bonds is 7. The van der Waals surface area contributed by atoms with Crippen LogP contribution in [0.5, 0.6) is 0 Å². The molecular weight excluding hydrogens is 404 g/mol. The summed E-state index contributed by atoms with van der Waals surface area (Å²) in [5.74, 6) is -0.323. The largest absolute Gasteiger partial charge is 0.384 e. The van der Waals surface area contributed by atoms with E-state index >= 15 is 0 Å². The first-order valence-electron chi connectivity index (χ1n) is 10.6. The second-order valence-corrected chi connectivity index (χ2v) is 7.66. The van der Waals surface area contributed by atoms with Gasteiger partial charge in [0.05, 0.1) is 12.0 Å². The summed E-state index contributed by atoms with van der Waals surface area (Å²) in [6, 6.07) is 22.0. The number of nitrogens with zero attached hydrogens (tertiary/aromatic N) is 2. The number of aromatic nitrogens is 1. The van der Waals surface area contributed by atoms with Crippen LogP contribution in [-0.2, 0) is 16.0 Å². The summed E-state index contributed by atoms with van der Waals surface area (Å²) >= 11 is 0. The summed E-state index contributed by atoms with van der Waals surface area (Å²) in [4.78, 5) is 31.3. The average molecular weight is 431 g/mol. The van der Waals surface area contributed by atoms with Gasteiger partial charge in [-0.3, -0.25) is 4.79 Å². The van der Waals surface area contributed by atoms with Crippen LogP contribution in [0.15, 0.2) is 79.0 Å². The van der Waals surface area contributed by atoms with E-state index in [0.29, 0.717) is 18.8 Å². The molecule has 3 aromatic rings. The topological polar surface area (TPSA) is 97.6 Å². The third-order valence-corrected chi connectivity index (χ3v) is 5.54. The number of carbonyl (C=O) groups is 2. The number of hydrogen-bond donors (Lipinski definition) is 2. The van der Waals surface area contributed by atoms with Crippen molar-refractivity contribution in [3.63, 3.8) is 0 Å². The summed E-state index contributed by atoms with van der Waals surface area (Å²) in [5.41, 5.74) is 8.50. The van der Waals surface area contributed by atoms with E-state index in [1.165, 1.54) is 4.90 Å². The van der Waals surface area contributed by atoms with Crippen LogP contribution < -0.4 is 11.1 Å². The fourth-order valence-corrected chi connectivity index (χ4v) is 4.01. The SMILES string of the molecule is CCO[C@@H]1[C@@H](Cc2ccnc(N)c2)C(=O)N1C(=O)NC(c1ccccc1)c1ccccc1. The van der Waals surface area contributed by atoms with Crippen LogP contribution in [0.25, 0.3) is 0 Å². The van der Waals surface area contributed by atoms with Crippen molar-refractivity contribution in [1.29, 1.82) is 0 Å². The van der Waals surface area contributed by atoms with Gasteiger partial charge in [0, 0.05) is 12.8 Å². The Hall–Kier alpha value is -3.71. The zero-order valence-electron chi connectivity index (χ0n) is 17.8. The molecule has 0 radical (unpaired) electrons. The molecule has 0 spiro atoms. The molecule has 0 saturated carbocycles. The number of benzene rings is 2. The Morgan fingerprint density at radius 1 is 1.09 bits per heavy atom. The Morgan fingerprint density at radius 2 is 1.72 bits per heavy atom. The van der Waals surface area contributed by atoms with Gasteiger partial charge in [-0.05, 0) is 42.2 Å². The van der Waals surface area contributed by atoms with Gasteiger partial charge >= 0.3 is 6.03 Å². The minimum atomic E-state index is -0.630. The number of imide groups is 1. The molecule has 1 aliphatic rings. The lowest BCUT2D eigenvalue weighted by Crippen LogP contribution is -2.67. The van der Waals surface area contributed by atoms with Gasteiger partial charge < -0.3 is 15.8 Å². The molecule has 164 valence electrons. The van der Waals surface area contributed by atoms with Crippen LogP contribution in [0, 0.1) is 5.92 Å². The average Bonchev–Trinajstić information content (AvgIpc) is 2.82. The number of amides is 3. The lowest BCUT2D eigenvalue weighted by atomic mass is 9.89. The van der Waals surface area contributed by atoms with E-state index in [-0.39, 0.29) is 11.9 Å².